The molecule has 1 aromatic rings. The number of rotatable bonds is 4. The number of aliphatic hydroxyl groups is 2. The zero-order valence-corrected chi connectivity index (χ0v) is 9.29. The molecule has 0 aliphatic rings. The van der Waals surface area contributed by atoms with Crippen molar-refractivity contribution in [3.05, 3.63) is 34.9 Å². The maximum Gasteiger partial charge on any atom is 0.336 e. The Bertz CT molecular complexity index is 464. The van der Waals surface area contributed by atoms with Crippen molar-refractivity contribution in [1.29, 1.82) is 5.26 Å². The number of carboxylic acids is 1. The van der Waals surface area contributed by atoms with Gasteiger partial charge in [-0.05, 0) is 18.6 Å². The molecule has 90 valence electrons. The van der Waals surface area contributed by atoms with Crippen molar-refractivity contribution >= 4 is 5.97 Å². The molecule has 0 bridgehead atoms. The fourth-order valence-corrected chi connectivity index (χ4v) is 1.66. The largest absolute Gasteiger partial charge is 0.478 e. The molecule has 0 saturated heterocycles. The predicted octanol–water partition coefficient (Wildman–Crippen LogP) is 1.00. The summed E-state index contributed by atoms with van der Waals surface area (Å²) in [5.41, 5.74) is 0.659. The highest BCUT2D eigenvalue weighted by atomic mass is 16.4. The highest BCUT2D eigenvalue weighted by Crippen LogP contribution is 2.26. The Hall–Kier alpha value is -1.90. The summed E-state index contributed by atoms with van der Waals surface area (Å²) >= 11 is 0. The van der Waals surface area contributed by atoms with E-state index in [0.717, 1.165) is 0 Å². The smallest absolute Gasteiger partial charge is 0.336 e. The van der Waals surface area contributed by atoms with Crippen LogP contribution >= 0.6 is 0 Å². The minimum absolute atomic E-state index is 0.0607. The lowest BCUT2D eigenvalue weighted by molar-refractivity contribution is 0.0201. The number of nitrogens with zero attached hydrogens (tertiary/aromatic N) is 1. The van der Waals surface area contributed by atoms with Gasteiger partial charge in [0.1, 0.15) is 6.10 Å². The summed E-state index contributed by atoms with van der Waals surface area (Å²) in [6.45, 7) is 1.64. The van der Waals surface area contributed by atoms with E-state index in [2.05, 4.69) is 0 Å². The van der Waals surface area contributed by atoms with Crippen molar-refractivity contribution < 1.29 is 20.1 Å². The van der Waals surface area contributed by atoms with Gasteiger partial charge in [0.2, 0.25) is 0 Å². The Kier molecular flexibility index (Phi) is 4.21. The molecule has 1 aromatic carbocycles. The van der Waals surface area contributed by atoms with Gasteiger partial charge in [-0.2, -0.15) is 5.26 Å². The molecule has 0 heterocycles. The molecule has 1 rings (SSSR count). The average molecular weight is 235 g/mol. The van der Waals surface area contributed by atoms with Gasteiger partial charge >= 0.3 is 5.97 Å². The van der Waals surface area contributed by atoms with E-state index in [0.29, 0.717) is 5.56 Å². The molecule has 3 N–H and O–H groups in total. The van der Waals surface area contributed by atoms with Gasteiger partial charge in [-0.15, -0.1) is 0 Å². The van der Waals surface area contributed by atoms with Crippen molar-refractivity contribution in [2.45, 2.75) is 25.6 Å². The van der Waals surface area contributed by atoms with Gasteiger partial charge in [-0.25, -0.2) is 4.79 Å². The van der Waals surface area contributed by atoms with Crippen molar-refractivity contribution in [3.8, 4) is 6.07 Å². The maximum atomic E-state index is 11.0. The highest BCUT2D eigenvalue weighted by Gasteiger charge is 2.24. The van der Waals surface area contributed by atoms with Crippen LogP contribution in [0.5, 0.6) is 0 Å². The molecule has 0 aliphatic carbocycles. The molecular formula is C12H13NO4. The van der Waals surface area contributed by atoms with Crippen LogP contribution in [0.2, 0.25) is 0 Å². The first-order valence-corrected chi connectivity index (χ1v) is 5.05. The summed E-state index contributed by atoms with van der Waals surface area (Å²) in [7, 11) is 0. The highest BCUT2D eigenvalue weighted by molar-refractivity contribution is 5.90. The first kappa shape index (κ1) is 13.2. The normalized spacial score (nSPS) is 13.8. The van der Waals surface area contributed by atoms with E-state index in [4.69, 9.17) is 10.4 Å². The number of carboxylic acid groups (broad SMARTS) is 1. The number of aromatic carboxylic acids is 1. The van der Waals surface area contributed by atoms with Crippen LogP contribution in [-0.2, 0) is 0 Å². The second-order valence-electron chi connectivity index (χ2n) is 3.72. The first-order valence-electron chi connectivity index (χ1n) is 5.05. The number of nitriles is 1. The van der Waals surface area contributed by atoms with E-state index < -0.39 is 18.2 Å². The molecule has 2 unspecified atom stereocenters. The monoisotopic (exact) mass is 235 g/mol. The summed E-state index contributed by atoms with van der Waals surface area (Å²) in [6, 6.07) is 6.29. The van der Waals surface area contributed by atoms with Crippen molar-refractivity contribution in [2.75, 3.05) is 0 Å². The van der Waals surface area contributed by atoms with Crippen LogP contribution in [0.1, 0.15) is 34.0 Å². The Morgan fingerprint density at radius 1 is 1.47 bits per heavy atom. The van der Waals surface area contributed by atoms with Gasteiger partial charge < -0.3 is 15.3 Å². The topological polar surface area (TPSA) is 102 Å². The summed E-state index contributed by atoms with van der Waals surface area (Å²) in [6.07, 6.45) is -2.92. The number of benzene rings is 1. The van der Waals surface area contributed by atoms with Gasteiger partial charge in [-0.1, -0.05) is 12.1 Å². The second-order valence-corrected chi connectivity index (χ2v) is 3.72. The number of hydrogen-bond donors (Lipinski definition) is 3. The molecule has 0 spiro atoms. The van der Waals surface area contributed by atoms with E-state index in [1.807, 2.05) is 0 Å². The van der Waals surface area contributed by atoms with Crippen LogP contribution < -0.4 is 0 Å². The van der Waals surface area contributed by atoms with E-state index in [9.17, 15) is 15.0 Å². The molecule has 2 atom stereocenters. The van der Waals surface area contributed by atoms with E-state index in [1.54, 1.807) is 25.1 Å². The third-order valence-electron chi connectivity index (χ3n) is 2.52. The minimum Gasteiger partial charge on any atom is -0.478 e. The molecule has 0 amide bonds. The minimum atomic E-state index is -1.37. The van der Waals surface area contributed by atoms with Gasteiger partial charge in [0.25, 0.3) is 0 Å². The second kappa shape index (κ2) is 5.43. The van der Waals surface area contributed by atoms with Crippen molar-refractivity contribution in [2.24, 2.45) is 0 Å². The Morgan fingerprint density at radius 2 is 2.12 bits per heavy atom. The summed E-state index contributed by atoms with van der Waals surface area (Å²) in [5.74, 6) is -1.17. The van der Waals surface area contributed by atoms with Crippen LogP contribution in [0.4, 0.5) is 0 Å². The SMILES string of the molecule is Cc1cccc(C(=O)O)c1C(O)C(O)CC#N. The molecule has 0 fully saturated rings. The van der Waals surface area contributed by atoms with Crippen LogP contribution in [0.25, 0.3) is 0 Å². The predicted molar refractivity (Wildman–Crippen MR) is 59.3 cm³/mol. The molecular weight excluding hydrogens is 222 g/mol. The number of hydrogen-bond acceptors (Lipinski definition) is 4. The number of aryl methyl sites for hydroxylation is 1. The fourth-order valence-electron chi connectivity index (χ4n) is 1.66. The molecule has 17 heavy (non-hydrogen) atoms. The maximum absolute atomic E-state index is 11.0. The number of carbonyl (C=O) groups is 1. The molecule has 0 radical (unpaired) electrons. The van der Waals surface area contributed by atoms with Crippen molar-refractivity contribution in [1.82, 2.24) is 0 Å². The standard InChI is InChI=1S/C12H13NO4/c1-7-3-2-4-8(12(16)17)10(7)11(15)9(14)5-6-13/h2-4,9,11,14-15H,5H2,1H3,(H,16,17). The summed E-state index contributed by atoms with van der Waals surface area (Å²) < 4.78 is 0. The quantitative estimate of drug-likeness (QED) is 0.722. The third kappa shape index (κ3) is 2.81. The lowest BCUT2D eigenvalue weighted by Crippen LogP contribution is -2.21. The van der Waals surface area contributed by atoms with E-state index in [1.165, 1.54) is 6.07 Å². The molecule has 0 aromatic heterocycles. The van der Waals surface area contributed by atoms with Crippen LogP contribution in [0.3, 0.4) is 0 Å². The lowest BCUT2D eigenvalue weighted by atomic mass is 9.93. The fraction of sp³-hybridized carbons (Fsp3) is 0.333. The zero-order valence-electron chi connectivity index (χ0n) is 9.29. The van der Waals surface area contributed by atoms with Gasteiger partial charge in [0.15, 0.2) is 0 Å². The molecule has 0 saturated carbocycles. The summed E-state index contributed by atoms with van der Waals surface area (Å²) in [5, 5.41) is 36.8. The lowest BCUT2D eigenvalue weighted by Gasteiger charge is -2.19. The van der Waals surface area contributed by atoms with Gasteiger partial charge in [-0.3, -0.25) is 0 Å². The van der Waals surface area contributed by atoms with Crippen LogP contribution in [0, 0.1) is 18.3 Å². The van der Waals surface area contributed by atoms with Crippen LogP contribution in [0.15, 0.2) is 18.2 Å². The Labute approximate surface area is 98.6 Å². The number of aliphatic hydroxyl groups excluding tert-OH is 2. The van der Waals surface area contributed by atoms with E-state index >= 15 is 0 Å². The average Bonchev–Trinajstić information content (AvgIpc) is 2.28. The van der Waals surface area contributed by atoms with Gasteiger partial charge in [0.05, 0.1) is 24.2 Å². The first-order chi connectivity index (χ1) is 7.99. The van der Waals surface area contributed by atoms with Gasteiger partial charge in [0, 0.05) is 5.56 Å². The zero-order chi connectivity index (χ0) is 13.0. The van der Waals surface area contributed by atoms with E-state index in [-0.39, 0.29) is 17.5 Å². The van der Waals surface area contributed by atoms with Crippen molar-refractivity contribution in [3.63, 3.8) is 0 Å². The Morgan fingerprint density at radius 3 is 2.65 bits per heavy atom. The summed E-state index contributed by atoms with van der Waals surface area (Å²) in [4.78, 5) is 11.0. The Balaban J connectivity index is 3.20. The third-order valence-corrected chi connectivity index (χ3v) is 2.52. The molecule has 5 heteroatoms. The van der Waals surface area contributed by atoms with Crippen LogP contribution in [-0.4, -0.2) is 27.4 Å². The molecule has 5 nitrogen and oxygen atoms in total. The molecule has 0 aliphatic heterocycles.